The van der Waals surface area contributed by atoms with Crippen LogP contribution in [0.4, 0.5) is 0 Å². The summed E-state index contributed by atoms with van der Waals surface area (Å²) in [6, 6.07) is 7.03. The lowest BCUT2D eigenvalue weighted by Gasteiger charge is -2.25. The molecular weight excluding hydrogens is 300 g/mol. The molecule has 4 heteroatoms. The molecule has 0 N–H and O–H groups in total. The molecule has 0 unspecified atom stereocenters. The minimum Gasteiger partial charge on any atom is -0.352 e. The van der Waals surface area contributed by atoms with E-state index in [1.54, 1.807) is 24.3 Å². The largest absolute Gasteiger partial charge is 0.352 e. The Bertz CT molecular complexity index is 748. The summed E-state index contributed by atoms with van der Waals surface area (Å²) in [5.41, 5.74) is 3.08. The van der Waals surface area contributed by atoms with Gasteiger partial charge in [0.05, 0.1) is 5.57 Å². The molecule has 24 heavy (non-hydrogen) atoms. The van der Waals surface area contributed by atoms with Crippen LogP contribution in [0.5, 0.6) is 0 Å². The Kier molecular flexibility index (Phi) is 4.49. The van der Waals surface area contributed by atoms with Gasteiger partial charge in [-0.1, -0.05) is 24.3 Å². The maximum absolute atomic E-state index is 12.6. The lowest BCUT2D eigenvalue weighted by molar-refractivity contribution is 0.0988. The molecule has 2 aliphatic rings. The highest BCUT2D eigenvalue weighted by molar-refractivity contribution is 6.40. The highest BCUT2D eigenvalue weighted by Crippen LogP contribution is 2.31. The van der Waals surface area contributed by atoms with Crippen LogP contribution in [0.15, 0.2) is 59.5 Å². The van der Waals surface area contributed by atoms with E-state index in [0.717, 1.165) is 25.2 Å². The van der Waals surface area contributed by atoms with Crippen molar-refractivity contribution >= 4 is 11.6 Å². The number of ketones is 2. The van der Waals surface area contributed by atoms with Gasteiger partial charge in [-0.05, 0) is 51.7 Å². The van der Waals surface area contributed by atoms with Crippen LogP contribution < -0.4 is 0 Å². The van der Waals surface area contributed by atoms with E-state index in [2.05, 4.69) is 23.9 Å². The summed E-state index contributed by atoms with van der Waals surface area (Å²) < 4.78 is 0. The van der Waals surface area contributed by atoms with Gasteiger partial charge in [0.1, 0.15) is 0 Å². The van der Waals surface area contributed by atoms with Crippen molar-refractivity contribution in [2.24, 2.45) is 0 Å². The fraction of sp³-hybridized carbons (Fsp3) is 0.300. The van der Waals surface area contributed by atoms with Crippen LogP contribution in [-0.4, -0.2) is 48.6 Å². The minimum absolute atomic E-state index is 0.166. The summed E-state index contributed by atoms with van der Waals surface area (Å²) in [5, 5.41) is 0. The molecule has 0 fully saturated rings. The topological polar surface area (TPSA) is 40.6 Å². The SMILES string of the molecule is CC1=CC(=C2C(=O)c3ccccc3C2=O)C=CN1CCCN(C)C. The summed E-state index contributed by atoms with van der Waals surface area (Å²) >= 11 is 0. The van der Waals surface area contributed by atoms with Crippen LogP contribution >= 0.6 is 0 Å². The molecule has 124 valence electrons. The number of hydrogen-bond acceptors (Lipinski definition) is 4. The van der Waals surface area contributed by atoms with Crippen molar-refractivity contribution in [3.63, 3.8) is 0 Å². The number of allylic oxidation sites excluding steroid dienone is 5. The van der Waals surface area contributed by atoms with Crippen LogP contribution in [0.2, 0.25) is 0 Å². The van der Waals surface area contributed by atoms with E-state index in [1.807, 2.05) is 25.3 Å². The van der Waals surface area contributed by atoms with Gasteiger partial charge < -0.3 is 9.80 Å². The van der Waals surface area contributed by atoms with Crippen molar-refractivity contribution in [2.75, 3.05) is 27.2 Å². The molecule has 1 heterocycles. The van der Waals surface area contributed by atoms with Crippen LogP contribution in [0.3, 0.4) is 0 Å². The number of rotatable bonds is 4. The molecule has 0 aromatic heterocycles. The lowest BCUT2D eigenvalue weighted by Crippen LogP contribution is -2.23. The van der Waals surface area contributed by atoms with Crippen molar-refractivity contribution in [3.05, 3.63) is 70.6 Å². The zero-order valence-corrected chi connectivity index (χ0v) is 14.4. The molecule has 3 rings (SSSR count). The van der Waals surface area contributed by atoms with E-state index in [1.165, 1.54) is 0 Å². The molecule has 0 saturated carbocycles. The first kappa shape index (κ1) is 16.4. The monoisotopic (exact) mass is 322 g/mol. The summed E-state index contributed by atoms with van der Waals surface area (Å²) in [6.07, 6.45) is 6.83. The Morgan fingerprint density at radius 1 is 1.04 bits per heavy atom. The molecule has 0 bridgehead atoms. The van der Waals surface area contributed by atoms with Gasteiger partial charge in [-0.25, -0.2) is 0 Å². The normalized spacial score (nSPS) is 17.0. The van der Waals surface area contributed by atoms with E-state index in [-0.39, 0.29) is 11.6 Å². The smallest absolute Gasteiger partial charge is 0.198 e. The van der Waals surface area contributed by atoms with Gasteiger partial charge in [-0.3, -0.25) is 9.59 Å². The standard InChI is InChI=1S/C20H22N2O2/c1-14-13-15(9-12-22(14)11-6-10-21(2)3)18-19(23)16-7-4-5-8-17(16)20(18)24/h4-5,7-9,12-13H,6,10-11H2,1-3H3. The highest BCUT2D eigenvalue weighted by atomic mass is 16.2. The van der Waals surface area contributed by atoms with Crippen molar-refractivity contribution in [3.8, 4) is 0 Å². The van der Waals surface area contributed by atoms with Crippen LogP contribution in [0.1, 0.15) is 34.1 Å². The highest BCUT2D eigenvalue weighted by Gasteiger charge is 2.34. The number of Topliss-reactive ketones (excluding diaryl/α,β-unsaturated/α-hetero) is 2. The molecule has 1 aliphatic carbocycles. The average Bonchev–Trinajstić information content (AvgIpc) is 2.81. The molecule has 1 aliphatic heterocycles. The average molecular weight is 322 g/mol. The van der Waals surface area contributed by atoms with Crippen molar-refractivity contribution < 1.29 is 9.59 Å². The van der Waals surface area contributed by atoms with Gasteiger partial charge in [0.15, 0.2) is 11.6 Å². The Hall–Kier alpha value is -2.46. The van der Waals surface area contributed by atoms with E-state index < -0.39 is 0 Å². The zero-order valence-electron chi connectivity index (χ0n) is 14.4. The van der Waals surface area contributed by atoms with Gasteiger partial charge in [-0.15, -0.1) is 0 Å². The Labute approximate surface area is 142 Å². The Balaban J connectivity index is 1.84. The molecule has 0 amide bonds. The van der Waals surface area contributed by atoms with Crippen molar-refractivity contribution in [1.82, 2.24) is 9.80 Å². The second-order valence-corrected chi connectivity index (χ2v) is 6.49. The Morgan fingerprint density at radius 3 is 2.21 bits per heavy atom. The third-order valence-electron chi connectivity index (χ3n) is 4.41. The molecule has 0 saturated heterocycles. The van der Waals surface area contributed by atoms with E-state index in [0.29, 0.717) is 22.3 Å². The van der Waals surface area contributed by atoms with Crippen LogP contribution in [-0.2, 0) is 0 Å². The van der Waals surface area contributed by atoms with Crippen LogP contribution in [0.25, 0.3) is 0 Å². The molecule has 0 radical (unpaired) electrons. The predicted molar refractivity (Wildman–Crippen MR) is 94.9 cm³/mol. The van der Waals surface area contributed by atoms with E-state index in [4.69, 9.17) is 0 Å². The predicted octanol–water partition coefficient (Wildman–Crippen LogP) is 3.05. The van der Waals surface area contributed by atoms with Crippen molar-refractivity contribution in [1.29, 1.82) is 0 Å². The molecule has 0 spiro atoms. The first-order chi connectivity index (χ1) is 11.5. The molecule has 1 aromatic carbocycles. The van der Waals surface area contributed by atoms with Crippen molar-refractivity contribution in [2.45, 2.75) is 13.3 Å². The zero-order chi connectivity index (χ0) is 17.3. The van der Waals surface area contributed by atoms with Gasteiger partial charge in [0, 0.05) is 29.6 Å². The van der Waals surface area contributed by atoms with Gasteiger partial charge in [0.2, 0.25) is 0 Å². The molecule has 0 atom stereocenters. The second kappa shape index (κ2) is 6.57. The fourth-order valence-electron chi connectivity index (χ4n) is 3.12. The minimum atomic E-state index is -0.166. The maximum atomic E-state index is 12.6. The maximum Gasteiger partial charge on any atom is 0.198 e. The number of nitrogens with zero attached hydrogens (tertiary/aromatic N) is 2. The number of fused-ring (bicyclic) bond motifs is 1. The molecular formula is C20H22N2O2. The molecule has 1 aromatic rings. The second-order valence-electron chi connectivity index (χ2n) is 6.49. The first-order valence-electron chi connectivity index (χ1n) is 8.19. The summed E-state index contributed by atoms with van der Waals surface area (Å²) in [6.45, 7) is 3.95. The molecule has 4 nitrogen and oxygen atoms in total. The lowest BCUT2D eigenvalue weighted by atomic mass is 10.0. The van der Waals surface area contributed by atoms with Crippen LogP contribution in [0, 0.1) is 0 Å². The number of benzene rings is 1. The van der Waals surface area contributed by atoms with Gasteiger partial charge >= 0.3 is 0 Å². The Morgan fingerprint density at radius 2 is 1.67 bits per heavy atom. The van der Waals surface area contributed by atoms with E-state index in [9.17, 15) is 9.59 Å². The summed E-state index contributed by atoms with van der Waals surface area (Å²) in [4.78, 5) is 29.5. The number of carbonyl (C=O) groups is 2. The first-order valence-corrected chi connectivity index (χ1v) is 8.19. The van der Waals surface area contributed by atoms with Gasteiger partial charge in [-0.2, -0.15) is 0 Å². The third-order valence-corrected chi connectivity index (χ3v) is 4.41. The van der Waals surface area contributed by atoms with Gasteiger partial charge in [0.25, 0.3) is 0 Å². The summed E-state index contributed by atoms with van der Waals surface area (Å²) in [7, 11) is 4.12. The number of carbonyl (C=O) groups excluding carboxylic acids is 2. The third kappa shape index (κ3) is 2.97. The quantitative estimate of drug-likeness (QED) is 0.631. The number of hydrogen-bond donors (Lipinski definition) is 0. The fourth-order valence-corrected chi connectivity index (χ4v) is 3.12. The van der Waals surface area contributed by atoms with E-state index >= 15 is 0 Å². The summed E-state index contributed by atoms with van der Waals surface area (Å²) in [5.74, 6) is -0.333.